The number of nitrogens with zero attached hydrogens (tertiary/aromatic N) is 3. The molecule has 0 amide bonds. The van der Waals surface area contributed by atoms with E-state index >= 15 is 0 Å². The molecule has 1 atom stereocenters. The number of hydrogen-bond donors (Lipinski definition) is 0. The highest BCUT2D eigenvalue weighted by Gasteiger charge is 2.37. The molecule has 0 aromatic heterocycles. The largest absolute Gasteiger partial charge is 0.465 e. The predicted molar refractivity (Wildman–Crippen MR) is 43.0 cm³/mol. The topological polar surface area (TPSA) is 94.2 Å². The predicted octanol–water partition coefficient (Wildman–Crippen LogP) is -0.160. The van der Waals surface area contributed by atoms with Crippen LogP contribution >= 0.6 is 0 Å². The zero-order valence-corrected chi connectivity index (χ0v) is 6.84. The second-order valence-corrected chi connectivity index (χ2v) is 2.21. The van der Waals surface area contributed by atoms with E-state index < -0.39 is 22.6 Å². The van der Waals surface area contributed by atoms with Crippen molar-refractivity contribution in [3.63, 3.8) is 0 Å². The van der Waals surface area contributed by atoms with Crippen LogP contribution in [0.15, 0.2) is 10.2 Å². The normalized spacial score (nSPS) is 19.8. The van der Waals surface area contributed by atoms with Gasteiger partial charge in [0.1, 0.15) is 0 Å². The molecule has 0 radical (unpaired) electrons. The van der Waals surface area contributed by atoms with Gasteiger partial charge in [-0.1, -0.05) is 0 Å². The number of esters is 1. The summed E-state index contributed by atoms with van der Waals surface area (Å²) in [4.78, 5) is 20.6. The third-order valence-corrected chi connectivity index (χ3v) is 1.38. The van der Waals surface area contributed by atoms with Crippen molar-refractivity contribution in [2.24, 2.45) is 16.1 Å². The maximum absolute atomic E-state index is 11.1. The summed E-state index contributed by atoms with van der Waals surface area (Å²) in [6, 6.07) is 0. The highest BCUT2D eigenvalue weighted by Crippen LogP contribution is 2.08. The van der Waals surface area contributed by atoms with Gasteiger partial charge in [0.15, 0.2) is 0 Å². The van der Waals surface area contributed by atoms with Gasteiger partial charge >= 0.3 is 11.8 Å². The van der Waals surface area contributed by atoms with E-state index in [0.717, 1.165) is 6.21 Å². The summed E-state index contributed by atoms with van der Waals surface area (Å²) >= 11 is 0. The number of rotatable bonds is 2. The number of nitro groups is 1. The molecule has 13 heavy (non-hydrogen) atoms. The molecule has 0 bridgehead atoms. The van der Waals surface area contributed by atoms with Crippen LogP contribution in [0.2, 0.25) is 0 Å². The molecule has 0 aromatic rings. The summed E-state index contributed by atoms with van der Waals surface area (Å²) < 4.78 is 4.59. The minimum Gasteiger partial charge on any atom is -0.465 e. The first-order valence-corrected chi connectivity index (χ1v) is 3.59. The van der Waals surface area contributed by atoms with Crippen LogP contribution in [0.4, 0.5) is 0 Å². The van der Waals surface area contributed by atoms with Crippen molar-refractivity contribution in [1.82, 2.24) is 0 Å². The fraction of sp³-hybridized carbons (Fsp3) is 0.500. The van der Waals surface area contributed by atoms with Crippen LogP contribution in [0, 0.1) is 16.0 Å². The highest BCUT2D eigenvalue weighted by atomic mass is 16.6. The van der Waals surface area contributed by atoms with Crippen LogP contribution < -0.4 is 0 Å². The van der Waals surface area contributed by atoms with Crippen LogP contribution in [-0.2, 0) is 9.53 Å². The molecule has 70 valence electrons. The van der Waals surface area contributed by atoms with Gasteiger partial charge < -0.3 is 14.9 Å². The van der Waals surface area contributed by atoms with E-state index in [2.05, 4.69) is 14.9 Å². The maximum Gasteiger partial charge on any atom is 0.386 e. The van der Waals surface area contributed by atoms with E-state index in [0.29, 0.717) is 0 Å². The second-order valence-electron chi connectivity index (χ2n) is 2.21. The molecule has 1 aliphatic rings. The molecule has 7 heteroatoms. The first-order chi connectivity index (χ1) is 6.16. The number of carbonyl (C=O) groups excluding carboxylic acids is 1. The summed E-state index contributed by atoms with van der Waals surface area (Å²) in [6.07, 6.45) is 1.09. The molecule has 1 rings (SSSR count). The fourth-order valence-electron chi connectivity index (χ4n) is 0.836. The van der Waals surface area contributed by atoms with E-state index in [4.69, 9.17) is 0 Å². The Bertz CT molecular complexity index is 296. The van der Waals surface area contributed by atoms with Crippen LogP contribution in [0.5, 0.6) is 0 Å². The van der Waals surface area contributed by atoms with Crippen LogP contribution in [-0.4, -0.2) is 29.5 Å². The van der Waals surface area contributed by atoms with Crippen molar-refractivity contribution >= 4 is 18.0 Å². The highest BCUT2D eigenvalue weighted by molar-refractivity contribution is 6.12. The van der Waals surface area contributed by atoms with Gasteiger partial charge in [-0.25, -0.2) is 0 Å². The summed E-state index contributed by atoms with van der Waals surface area (Å²) in [7, 11) is 0. The van der Waals surface area contributed by atoms with Crippen molar-refractivity contribution < 1.29 is 14.5 Å². The summed E-state index contributed by atoms with van der Waals surface area (Å²) in [5.74, 6) is -2.24. The van der Waals surface area contributed by atoms with Gasteiger partial charge in [-0.2, -0.15) is 0 Å². The quantitative estimate of drug-likeness (QED) is 0.339. The van der Waals surface area contributed by atoms with Crippen LogP contribution in [0.3, 0.4) is 0 Å². The van der Waals surface area contributed by atoms with Gasteiger partial charge in [0.2, 0.25) is 5.92 Å². The van der Waals surface area contributed by atoms with Crippen LogP contribution in [0.25, 0.3) is 0 Å². The first kappa shape index (κ1) is 9.30. The average molecular weight is 185 g/mol. The Kier molecular flexibility index (Phi) is 2.68. The van der Waals surface area contributed by atoms with Gasteiger partial charge in [-0.3, -0.25) is 4.79 Å². The van der Waals surface area contributed by atoms with E-state index in [1.807, 2.05) is 0 Å². The van der Waals surface area contributed by atoms with Crippen molar-refractivity contribution in [2.75, 3.05) is 6.61 Å². The molecule has 0 N–H and O–H groups in total. The number of ether oxygens (including phenoxy) is 1. The minimum atomic E-state index is -1.06. The summed E-state index contributed by atoms with van der Waals surface area (Å²) in [5.41, 5.74) is 0. The lowest BCUT2D eigenvalue weighted by Crippen LogP contribution is -2.30. The molecular formula is C6H7N3O4. The zero-order chi connectivity index (χ0) is 9.84. The van der Waals surface area contributed by atoms with Crippen molar-refractivity contribution in [1.29, 1.82) is 0 Å². The molecule has 0 spiro atoms. The standard InChI is InChI=1S/C6H7N3O4/c1-2-13-6(10)4-3-7-8-5(4)9(11)12/h3-4H,2H2,1H3/t4-/m0/s1. The van der Waals surface area contributed by atoms with Crippen molar-refractivity contribution in [3.05, 3.63) is 10.1 Å². The van der Waals surface area contributed by atoms with Gasteiger partial charge in [-0.05, 0) is 16.9 Å². The molecule has 0 unspecified atom stereocenters. The lowest BCUT2D eigenvalue weighted by molar-refractivity contribution is -0.354. The number of hydrogen-bond acceptors (Lipinski definition) is 6. The average Bonchev–Trinajstić information content (AvgIpc) is 2.52. The second kappa shape index (κ2) is 3.74. The Hall–Kier alpha value is -1.79. The van der Waals surface area contributed by atoms with E-state index in [1.165, 1.54) is 0 Å². The zero-order valence-electron chi connectivity index (χ0n) is 6.84. The molecule has 0 aliphatic carbocycles. The molecule has 1 aliphatic heterocycles. The van der Waals surface area contributed by atoms with Crippen molar-refractivity contribution in [3.8, 4) is 0 Å². The number of carbonyl (C=O) groups is 1. The molecular weight excluding hydrogens is 178 g/mol. The lowest BCUT2D eigenvalue weighted by Gasteiger charge is -2.03. The number of amidine groups is 1. The Morgan fingerprint density at radius 3 is 3.08 bits per heavy atom. The maximum atomic E-state index is 11.1. The van der Waals surface area contributed by atoms with Gasteiger partial charge in [0.05, 0.1) is 17.9 Å². The third kappa shape index (κ3) is 1.86. The monoisotopic (exact) mass is 185 g/mol. The molecule has 7 nitrogen and oxygen atoms in total. The summed E-state index contributed by atoms with van der Waals surface area (Å²) in [6.45, 7) is 1.79. The molecule has 0 fully saturated rings. The Morgan fingerprint density at radius 1 is 1.85 bits per heavy atom. The van der Waals surface area contributed by atoms with Crippen LogP contribution in [0.1, 0.15) is 6.92 Å². The minimum absolute atomic E-state index is 0.175. The first-order valence-electron chi connectivity index (χ1n) is 3.59. The fourth-order valence-corrected chi connectivity index (χ4v) is 0.836. The molecule has 0 aromatic carbocycles. The summed E-state index contributed by atoms with van der Waals surface area (Å²) in [5, 5.41) is 16.8. The van der Waals surface area contributed by atoms with Gasteiger partial charge in [-0.15, -0.1) is 0 Å². The van der Waals surface area contributed by atoms with E-state index in [-0.39, 0.29) is 6.61 Å². The smallest absolute Gasteiger partial charge is 0.386 e. The Balaban J connectivity index is 2.71. The van der Waals surface area contributed by atoms with Gasteiger partial charge in [0, 0.05) is 0 Å². The molecule has 0 saturated carbocycles. The lowest BCUT2D eigenvalue weighted by atomic mass is 10.1. The van der Waals surface area contributed by atoms with E-state index in [9.17, 15) is 14.9 Å². The van der Waals surface area contributed by atoms with Gasteiger partial charge in [0.25, 0.3) is 0 Å². The SMILES string of the molecule is CCOC(=O)[C@H]1C=NN=C1[N+](=O)[O-]. The Morgan fingerprint density at radius 2 is 2.54 bits per heavy atom. The van der Waals surface area contributed by atoms with E-state index in [1.54, 1.807) is 6.92 Å². The molecule has 0 saturated heterocycles. The third-order valence-electron chi connectivity index (χ3n) is 1.38. The Labute approximate surface area is 73.2 Å². The molecule has 1 heterocycles. The van der Waals surface area contributed by atoms with Crippen molar-refractivity contribution in [2.45, 2.75) is 6.92 Å².